The highest BCUT2D eigenvalue weighted by Crippen LogP contribution is 2.22. The third kappa shape index (κ3) is 3.89. The Morgan fingerprint density at radius 2 is 1.92 bits per heavy atom. The first-order valence-corrected chi connectivity index (χ1v) is 10.0. The van der Waals surface area contributed by atoms with Crippen LogP contribution in [0.15, 0.2) is 24.3 Å². The Balaban J connectivity index is 1.66. The number of halogens is 1. The van der Waals surface area contributed by atoms with Gasteiger partial charge in [-0.15, -0.1) is 5.10 Å². The molecule has 5 nitrogen and oxygen atoms in total. The molecule has 1 atom stereocenters. The second kappa shape index (κ2) is 7.98. The van der Waals surface area contributed by atoms with Crippen molar-refractivity contribution in [3.8, 4) is 11.4 Å². The number of nitrogens with zero attached hydrogens (tertiary/aromatic N) is 3. The van der Waals surface area contributed by atoms with Crippen LogP contribution in [0.3, 0.4) is 0 Å². The van der Waals surface area contributed by atoms with Crippen molar-refractivity contribution in [2.24, 2.45) is 0 Å². The van der Waals surface area contributed by atoms with E-state index in [1.807, 2.05) is 4.68 Å². The van der Waals surface area contributed by atoms with Crippen LogP contribution in [0.2, 0.25) is 0 Å². The molecule has 26 heavy (non-hydrogen) atoms. The monoisotopic (exact) mass is 377 g/mol. The maximum atomic E-state index is 13.3. The molecular weight excluding hydrogens is 351 g/mol. The lowest BCUT2D eigenvalue weighted by atomic mass is 10.1. The van der Waals surface area contributed by atoms with Gasteiger partial charge >= 0.3 is 0 Å². The summed E-state index contributed by atoms with van der Waals surface area (Å²) in [6, 6.07) is 6.50. The number of nitrogens with one attached hydrogen (secondary N) is 1. The van der Waals surface area contributed by atoms with Crippen molar-refractivity contribution in [2.45, 2.75) is 51.4 Å². The number of quaternary nitrogens is 1. The van der Waals surface area contributed by atoms with E-state index in [0.717, 1.165) is 42.3 Å². The molecular formula is C19H26FN4OS+. The van der Waals surface area contributed by atoms with Gasteiger partial charge in [0, 0.05) is 12.2 Å². The highest BCUT2D eigenvalue weighted by Gasteiger charge is 2.22. The number of aromatic nitrogens is 3. The molecule has 1 aromatic carbocycles. The molecule has 2 fully saturated rings. The molecule has 0 unspecified atom stereocenters. The summed E-state index contributed by atoms with van der Waals surface area (Å²) in [5.74, 6) is 0.567. The maximum absolute atomic E-state index is 13.3. The smallest absolute Gasteiger partial charge is 0.203 e. The Morgan fingerprint density at radius 3 is 2.62 bits per heavy atom. The van der Waals surface area contributed by atoms with Gasteiger partial charge in [-0.2, -0.15) is 4.68 Å². The molecule has 0 bridgehead atoms. The molecule has 1 aromatic heterocycles. The van der Waals surface area contributed by atoms with E-state index in [-0.39, 0.29) is 11.9 Å². The van der Waals surface area contributed by atoms with Crippen molar-refractivity contribution in [1.82, 2.24) is 14.3 Å². The van der Waals surface area contributed by atoms with Crippen molar-refractivity contribution in [1.29, 1.82) is 0 Å². The van der Waals surface area contributed by atoms with E-state index >= 15 is 0 Å². The van der Waals surface area contributed by atoms with Crippen molar-refractivity contribution >= 4 is 12.2 Å². The zero-order chi connectivity index (χ0) is 17.9. The van der Waals surface area contributed by atoms with Crippen molar-refractivity contribution in [3.63, 3.8) is 0 Å². The molecule has 1 N–H and O–H groups in total. The fourth-order valence-electron chi connectivity index (χ4n) is 3.93. The Kier molecular flexibility index (Phi) is 5.47. The lowest BCUT2D eigenvalue weighted by molar-refractivity contribution is -0.928. The normalized spacial score (nSPS) is 21.3. The minimum atomic E-state index is -0.241. The van der Waals surface area contributed by atoms with E-state index in [1.165, 1.54) is 49.4 Å². The van der Waals surface area contributed by atoms with Crippen LogP contribution in [0.1, 0.15) is 32.1 Å². The second-order valence-corrected chi connectivity index (χ2v) is 7.69. The number of rotatable bonds is 5. The van der Waals surface area contributed by atoms with E-state index in [1.54, 1.807) is 12.1 Å². The van der Waals surface area contributed by atoms with Gasteiger partial charge < -0.3 is 9.64 Å². The average molecular weight is 378 g/mol. The fourth-order valence-corrected chi connectivity index (χ4v) is 4.20. The lowest BCUT2D eigenvalue weighted by Gasteiger charge is -2.22. The van der Waals surface area contributed by atoms with E-state index < -0.39 is 0 Å². The van der Waals surface area contributed by atoms with Crippen LogP contribution in [0.5, 0.6) is 0 Å². The standard InChI is InChI=1S/C19H25FN4OS/c20-16-8-6-15(7-9-16)18-21-24(14-22-10-2-1-3-11-22)19(26)23(18)13-17-5-4-12-25-17/h6-9,17H,1-5,10-14H2/p+1/t17-/m1/s1. The molecule has 7 heteroatoms. The summed E-state index contributed by atoms with van der Waals surface area (Å²) in [7, 11) is 0. The van der Waals surface area contributed by atoms with Gasteiger partial charge in [-0.25, -0.2) is 4.39 Å². The van der Waals surface area contributed by atoms with Gasteiger partial charge in [0.25, 0.3) is 0 Å². The maximum Gasteiger partial charge on any atom is 0.203 e. The van der Waals surface area contributed by atoms with Gasteiger partial charge in [0.15, 0.2) is 12.5 Å². The zero-order valence-corrected chi connectivity index (χ0v) is 15.8. The van der Waals surface area contributed by atoms with E-state index in [4.69, 9.17) is 22.1 Å². The van der Waals surface area contributed by atoms with Gasteiger partial charge in [-0.05, 0) is 68.6 Å². The molecule has 2 aromatic rings. The summed E-state index contributed by atoms with van der Waals surface area (Å²) in [5.41, 5.74) is 0.892. The summed E-state index contributed by atoms with van der Waals surface area (Å²) in [6.45, 7) is 4.67. The first-order chi connectivity index (χ1) is 12.7. The van der Waals surface area contributed by atoms with Crippen LogP contribution < -0.4 is 4.90 Å². The number of benzene rings is 1. The number of likely N-dealkylation sites (tertiary alicyclic amines) is 1. The van der Waals surface area contributed by atoms with Crippen molar-refractivity contribution < 1.29 is 14.0 Å². The zero-order valence-electron chi connectivity index (χ0n) is 15.0. The van der Waals surface area contributed by atoms with E-state index in [9.17, 15) is 4.39 Å². The van der Waals surface area contributed by atoms with Gasteiger partial charge in [-0.1, -0.05) is 0 Å². The molecule has 0 amide bonds. The number of hydrogen-bond donors (Lipinski definition) is 1. The van der Waals surface area contributed by atoms with Gasteiger partial charge in [0.2, 0.25) is 4.77 Å². The number of piperidine rings is 1. The van der Waals surface area contributed by atoms with Crippen LogP contribution in [0, 0.1) is 10.6 Å². The van der Waals surface area contributed by atoms with Gasteiger partial charge in [0.1, 0.15) is 5.82 Å². The van der Waals surface area contributed by atoms with Crippen LogP contribution in [-0.4, -0.2) is 40.1 Å². The van der Waals surface area contributed by atoms with Crippen LogP contribution in [0.4, 0.5) is 4.39 Å². The molecule has 2 aliphatic rings. The minimum Gasteiger partial charge on any atom is -0.376 e. The van der Waals surface area contributed by atoms with Gasteiger partial charge in [-0.3, -0.25) is 4.57 Å². The van der Waals surface area contributed by atoms with Crippen molar-refractivity contribution in [2.75, 3.05) is 19.7 Å². The SMILES string of the molecule is Fc1ccc(-c2nn(C[NH+]3CCCCC3)c(=S)n2C[C@H]2CCCO2)cc1. The van der Waals surface area contributed by atoms with Gasteiger partial charge in [0.05, 0.1) is 25.7 Å². The predicted molar refractivity (Wildman–Crippen MR) is 100.0 cm³/mol. The Bertz CT molecular complexity index is 789. The lowest BCUT2D eigenvalue weighted by Crippen LogP contribution is -3.12. The molecule has 0 saturated carbocycles. The van der Waals surface area contributed by atoms with Crippen molar-refractivity contribution in [3.05, 3.63) is 34.9 Å². The highest BCUT2D eigenvalue weighted by molar-refractivity contribution is 7.71. The molecule has 0 spiro atoms. The minimum absolute atomic E-state index is 0.181. The first kappa shape index (κ1) is 17.8. The molecule has 4 rings (SSSR count). The van der Waals surface area contributed by atoms with Crippen LogP contribution in [-0.2, 0) is 18.0 Å². The summed E-state index contributed by atoms with van der Waals surface area (Å²) in [6.07, 6.45) is 6.18. The molecule has 0 aliphatic carbocycles. The quantitative estimate of drug-likeness (QED) is 0.813. The predicted octanol–water partition coefficient (Wildman–Crippen LogP) is 2.43. The molecule has 0 radical (unpaired) electrons. The number of ether oxygens (including phenoxy) is 1. The molecule has 3 heterocycles. The molecule has 2 aliphatic heterocycles. The summed E-state index contributed by atoms with van der Waals surface area (Å²) in [5, 5.41) is 4.82. The largest absolute Gasteiger partial charge is 0.376 e. The van der Waals surface area contributed by atoms with E-state index in [2.05, 4.69) is 4.57 Å². The fraction of sp³-hybridized carbons (Fsp3) is 0.579. The Hall–Kier alpha value is -1.57. The second-order valence-electron chi connectivity index (χ2n) is 7.33. The number of hydrogen-bond acceptors (Lipinski definition) is 3. The molecule has 2 saturated heterocycles. The van der Waals surface area contributed by atoms with Crippen LogP contribution in [0.25, 0.3) is 11.4 Å². The Labute approximate surface area is 158 Å². The van der Waals surface area contributed by atoms with Crippen LogP contribution >= 0.6 is 12.2 Å². The third-order valence-corrected chi connectivity index (χ3v) is 5.80. The topological polar surface area (TPSA) is 36.4 Å². The summed E-state index contributed by atoms with van der Waals surface area (Å²) < 4.78 is 23.9. The summed E-state index contributed by atoms with van der Waals surface area (Å²) >= 11 is 5.76. The first-order valence-electron chi connectivity index (χ1n) is 9.59. The third-order valence-electron chi connectivity index (χ3n) is 5.37. The Morgan fingerprint density at radius 1 is 1.15 bits per heavy atom. The van der Waals surface area contributed by atoms with E-state index in [0.29, 0.717) is 6.54 Å². The molecule has 140 valence electrons. The summed E-state index contributed by atoms with van der Waals surface area (Å²) in [4.78, 5) is 1.53. The highest BCUT2D eigenvalue weighted by atomic mass is 32.1. The average Bonchev–Trinajstić information content (AvgIpc) is 3.27.